The van der Waals surface area contributed by atoms with E-state index in [0.29, 0.717) is 6.54 Å². The van der Waals surface area contributed by atoms with Gasteiger partial charge < -0.3 is 16.8 Å². The number of unbranched alkanes of at least 4 members (excludes halogenated alkanes) is 1. The van der Waals surface area contributed by atoms with E-state index in [2.05, 4.69) is 5.32 Å². The molecule has 0 saturated carbocycles. The van der Waals surface area contributed by atoms with Crippen LogP contribution < -0.4 is 16.8 Å². The molecule has 0 aliphatic heterocycles. The fraction of sp³-hybridized carbons (Fsp3) is 0.909. The molecule has 0 radical (unpaired) electrons. The first-order valence-corrected chi connectivity index (χ1v) is 5.89. The number of hydrogen-bond acceptors (Lipinski definition) is 3. The van der Waals surface area contributed by atoms with Crippen molar-refractivity contribution in [3.63, 3.8) is 0 Å². The molecule has 0 aromatic heterocycles. The van der Waals surface area contributed by atoms with Gasteiger partial charge in [0.1, 0.15) is 0 Å². The Labute approximate surface area is 94.8 Å². The zero-order chi connectivity index (χ0) is 12.7. The maximum Gasteiger partial charge on any atom is 0.236 e. The standard InChI is InChI=1S/C7H17N3O.2C2H6/c1-10-7(11)6(9)4-2-3-5-8;2*1-2/h6H,2-5,8-9H2,1H3,(H,10,11);2*1-2H3. The molecule has 1 unspecified atom stereocenters. The molecular formula is C11H29N3O. The number of carbonyl (C=O) groups is 1. The highest BCUT2D eigenvalue weighted by Gasteiger charge is 2.09. The second kappa shape index (κ2) is 19.0. The van der Waals surface area contributed by atoms with Gasteiger partial charge in [0.05, 0.1) is 6.04 Å². The Kier molecular flexibility index (Phi) is 25.2. The molecule has 0 heterocycles. The van der Waals surface area contributed by atoms with Crippen LogP contribution in [0.3, 0.4) is 0 Å². The van der Waals surface area contributed by atoms with Gasteiger partial charge in [-0.25, -0.2) is 0 Å². The summed E-state index contributed by atoms with van der Waals surface area (Å²) in [6.45, 7) is 8.67. The lowest BCUT2D eigenvalue weighted by Gasteiger charge is -2.08. The van der Waals surface area contributed by atoms with E-state index in [1.165, 1.54) is 0 Å². The van der Waals surface area contributed by atoms with Crippen LogP contribution in [0.15, 0.2) is 0 Å². The van der Waals surface area contributed by atoms with Gasteiger partial charge in [0.15, 0.2) is 0 Å². The van der Waals surface area contributed by atoms with Crippen LogP contribution in [0, 0.1) is 0 Å². The van der Waals surface area contributed by atoms with E-state index in [9.17, 15) is 4.79 Å². The number of likely N-dealkylation sites (N-methyl/N-ethyl adjacent to an activating group) is 1. The third kappa shape index (κ3) is 16.1. The van der Waals surface area contributed by atoms with Gasteiger partial charge in [0.2, 0.25) is 5.91 Å². The normalized spacial score (nSPS) is 10.1. The minimum atomic E-state index is -0.369. The quantitative estimate of drug-likeness (QED) is 0.609. The summed E-state index contributed by atoms with van der Waals surface area (Å²) in [6.07, 6.45) is 2.58. The van der Waals surface area contributed by atoms with E-state index >= 15 is 0 Å². The molecule has 0 rings (SSSR count). The molecule has 0 aliphatic rings. The minimum Gasteiger partial charge on any atom is -0.358 e. The first-order chi connectivity index (χ1) is 7.22. The molecule has 5 N–H and O–H groups in total. The van der Waals surface area contributed by atoms with Crippen molar-refractivity contribution in [2.24, 2.45) is 11.5 Å². The summed E-state index contributed by atoms with van der Waals surface area (Å²) < 4.78 is 0. The molecule has 0 aromatic carbocycles. The molecule has 0 spiro atoms. The van der Waals surface area contributed by atoms with Gasteiger partial charge in [-0.3, -0.25) is 4.79 Å². The van der Waals surface area contributed by atoms with Crippen molar-refractivity contribution in [2.45, 2.75) is 53.0 Å². The zero-order valence-corrected chi connectivity index (χ0v) is 11.0. The predicted molar refractivity (Wildman–Crippen MR) is 67.6 cm³/mol. The van der Waals surface area contributed by atoms with E-state index in [4.69, 9.17) is 11.5 Å². The molecule has 15 heavy (non-hydrogen) atoms. The Morgan fingerprint density at radius 2 is 1.67 bits per heavy atom. The topological polar surface area (TPSA) is 81.1 Å². The van der Waals surface area contributed by atoms with Crippen molar-refractivity contribution in [3.05, 3.63) is 0 Å². The van der Waals surface area contributed by atoms with E-state index in [1.807, 2.05) is 27.7 Å². The molecule has 94 valence electrons. The van der Waals surface area contributed by atoms with Gasteiger partial charge in [-0.1, -0.05) is 34.1 Å². The Morgan fingerprint density at radius 1 is 1.20 bits per heavy atom. The number of nitrogens with one attached hydrogen (secondary N) is 1. The van der Waals surface area contributed by atoms with Crippen LogP contribution in [-0.4, -0.2) is 25.5 Å². The van der Waals surface area contributed by atoms with Crippen molar-refractivity contribution in [1.29, 1.82) is 0 Å². The van der Waals surface area contributed by atoms with Crippen molar-refractivity contribution in [2.75, 3.05) is 13.6 Å². The van der Waals surface area contributed by atoms with Gasteiger partial charge in [-0.2, -0.15) is 0 Å². The lowest BCUT2D eigenvalue weighted by Crippen LogP contribution is -2.38. The van der Waals surface area contributed by atoms with Crippen LogP contribution in [0.4, 0.5) is 0 Å². The van der Waals surface area contributed by atoms with Gasteiger partial charge in [-0.15, -0.1) is 0 Å². The number of nitrogens with two attached hydrogens (primary N) is 2. The van der Waals surface area contributed by atoms with E-state index in [0.717, 1.165) is 19.3 Å². The molecule has 1 amide bonds. The molecule has 4 nitrogen and oxygen atoms in total. The summed E-state index contributed by atoms with van der Waals surface area (Å²) in [6, 6.07) is -0.369. The fourth-order valence-electron chi connectivity index (χ4n) is 0.825. The lowest BCUT2D eigenvalue weighted by molar-refractivity contribution is -0.122. The molecule has 4 heteroatoms. The molecule has 0 fully saturated rings. The first kappa shape index (κ1) is 19.9. The van der Waals surface area contributed by atoms with Crippen molar-refractivity contribution < 1.29 is 4.79 Å². The van der Waals surface area contributed by atoms with Crippen LogP contribution in [0.1, 0.15) is 47.0 Å². The van der Waals surface area contributed by atoms with Gasteiger partial charge in [0, 0.05) is 7.05 Å². The second-order valence-corrected chi connectivity index (χ2v) is 2.51. The average molecular weight is 219 g/mol. The molecule has 1 atom stereocenters. The summed E-state index contributed by atoms with van der Waals surface area (Å²) in [7, 11) is 1.59. The SMILES string of the molecule is CC.CC.CNC(=O)C(N)CCCCN. The molecule has 0 saturated heterocycles. The second-order valence-electron chi connectivity index (χ2n) is 2.51. The van der Waals surface area contributed by atoms with E-state index < -0.39 is 0 Å². The zero-order valence-electron chi connectivity index (χ0n) is 11.0. The highest BCUT2D eigenvalue weighted by Crippen LogP contribution is 1.97. The minimum absolute atomic E-state index is 0.0954. The number of rotatable bonds is 5. The van der Waals surface area contributed by atoms with E-state index in [-0.39, 0.29) is 11.9 Å². The Hall–Kier alpha value is -0.610. The fourth-order valence-corrected chi connectivity index (χ4v) is 0.825. The molecule has 0 bridgehead atoms. The summed E-state index contributed by atoms with van der Waals surface area (Å²) in [5, 5.41) is 2.50. The monoisotopic (exact) mass is 219 g/mol. The van der Waals surface area contributed by atoms with Gasteiger partial charge in [0.25, 0.3) is 0 Å². The Balaban J connectivity index is -0.000000318. The Morgan fingerprint density at radius 3 is 2.00 bits per heavy atom. The molecule has 0 aliphatic carbocycles. The maximum atomic E-state index is 10.8. The predicted octanol–water partition coefficient (Wildman–Crippen LogP) is 1.24. The van der Waals surface area contributed by atoms with Crippen LogP contribution in [-0.2, 0) is 4.79 Å². The van der Waals surface area contributed by atoms with Crippen LogP contribution in [0.25, 0.3) is 0 Å². The summed E-state index contributed by atoms with van der Waals surface area (Å²) in [5.74, 6) is -0.0954. The third-order valence-corrected chi connectivity index (χ3v) is 1.55. The molecular weight excluding hydrogens is 190 g/mol. The number of hydrogen-bond donors (Lipinski definition) is 3. The van der Waals surface area contributed by atoms with Crippen molar-refractivity contribution in [1.82, 2.24) is 5.32 Å². The highest BCUT2D eigenvalue weighted by atomic mass is 16.2. The van der Waals surface area contributed by atoms with Crippen LogP contribution in [0.5, 0.6) is 0 Å². The highest BCUT2D eigenvalue weighted by molar-refractivity contribution is 5.81. The lowest BCUT2D eigenvalue weighted by atomic mass is 10.1. The smallest absolute Gasteiger partial charge is 0.236 e. The molecule has 0 aromatic rings. The summed E-state index contributed by atoms with van der Waals surface area (Å²) in [5.41, 5.74) is 10.8. The Bertz CT molecular complexity index is 118. The summed E-state index contributed by atoms with van der Waals surface area (Å²) >= 11 is 0. The van der Waals surface area contributed by atoms with Crippen LogP contribution in [0.2, 0.25) is 0 Å². The average Bonchev–Trinajstić information content (AvgIpc) is 2.33. The third-order valence-electron chi connectivity index (χ3n) is 1.55. The number of carbonyl (C=O) groups excluding carboxylic acids is 1. The van der Waals surface area contributed by atoms with Crippen molar-refractivity contribution in [3.8, 4) is 0 Å². The van der Waals surface area contributed by atoms with E-state index in [1.54, 1.807) is 7.05 Å². The van der Waals surface area contributed by atoms with Crippen LogP contribution >= 0.6 is 0 Å². The van der Waals surface area contributed by atoms with Gasteiger partial charge >= 0.3 is 0 Å². The largest absolute Gasteiger partial charge is 0.358 e. The summed E-state index contributed by atoms with van der Waals surface area (Å²) in [4.78, 5) is 10.8. The van der Waals surface area contributed by atoms with Gasteiger partial charge in [-0.05, 0) is 19.4 Å². The van der Waals surface area contributed by atoms with Crippen molar-refractivity contribution >= 4 is 5.91 Å². The maximum absolute atomic E-state index is 10.8. The number of amides is 1. The first-order valence-electron chi connectivity index (χ1n) is 5.89.